The Kier molecular flexibility index (Phi) is 6.65. The molecule has 0 spiro atoms. The van der Waals surface area contributed by atoms with Crippen LogP contribution in [0.4, 0.5) is 17.1 Å². The van der Waals surface area contributed by atoms with Crippen molar-refractivity contribution >= 4 is 23.0 Å². The lowest BCUT2D eigenvalue weighted by atomic mass is 10.2. The van der Waals surface area contributed by atoms with Crippen molar-refractivity contribution in [2.24, 2.45) is 0 Å². The Balaban J connectivity index is 1.50. The van der Waals surface area contributed by atoms with E-state index < -0.39 is 0 Å². The molecule has 0 aliphatic carbocycles. The average molecular weight is 367 g/mol. The van der Waals surface area contributed by atoms with E-state index in [2.05, 4.69) is 49.7 Å². The van der Waals surface area contributed by atoms with E-state index in [0.29, 0.717) is 12.2 Å². The summed E-state index contributed by atoms with van der Waals surface area (Å²) in [5.41, 5.74) is 3.60. The number of carbonyl (C=O) groups is 1. The van der Waals surface area contributed by atoms with Crippen LogP contribution in [-0.2, 0) is 0 Å². The highest BCUT2D eigenvalue weighted by Gasteiger charge is 2.12. The van der Waals surface area contributed by atoms with Gasteiger partial charge in [0.25, 0.3) is 5.91 Å². The van der Waals surface area contributed by atoms with E-state index in [-0.39, 0.29) is 5.91 Å². The molecule has 1 fully saturated rings. The minimum Gasteiger partial charge on any atom is -0.372 e. The van der Waals surface area contributed by atoms with Crippen molar-refractivity contribution < 1.29 is 4.79 Å². The Morgan fingerprint density at radius 2 is 1.78 bits per heavy atom. The zero-order valence-corrected chi connectivity index (χ0v) is 16.2. The number of hydrogen-bond acceptors (Lipinski definition) is 5. The molecule has 2 heterocycles. The minimum absolute atomic E-state index is 0.129. The molecule has 6 nitrogen and oxygen atoms in total. The Morgan fingerprint density at radius 3 is 2.41 bits per heavy atom. The fourth-order valence-corrected chi connectivity index (χ4v) is 3.19. The van der Waals surface area contributed by atoms with Gasteiger partial charge < -0.3 is 20.4 Å². The molecule has 2 aromatic rings. The number of rotatable bonds is 8. The highest BCUT2D eigenvalue weighted by molar-refractivity contribution is 5.92. The zero-order valence-electron chi connectivity index (χ0n) is 16.2. The zero-order chi connectivity index (χ0) is 19.1. The van der Waals surface area contributed by atoms with E-state index in [1.807, 2.05) is 20.2 Å². The van der Waals surface area contributed by atoms with Crippen LogP contribution >= 0.6 is 0 Å². The predicted molar refractivity (Wildman–Crippen MR) is 111 cm³/mol. The monoisotopic (exact) mass is 367 g/mol. The summed E-state index contributed by atoms with van der Waals surface area (Å²) >= 11 is 0. The second kappa shape index (κ2) is 9.37. The van der Waals surface area contributed by atoms with Crippen molar-refractivity contribution in [2.45, 2.75) is 19.3 Å². The van der Waals surface area contributed by atoms with E-state index in [9.17, 15) is 4.79 Å². The first-order chi connectivity index (χ1) is 13.1. The van der Waals surface area contributed by atoms with Gasteiger partial charge in [0.2, 0.25) is 0 Å². The maximum absolute atomic E-state index is 12.1. The third-order valence-electron chi connectivity index (χ3n) is 4.69. The fraction of sp³-hybridized carbons (Fsp3) is 0.429. The Morgan fingerprint density at radius 1 is 1.07 bits per heavy atom. The van der Waals surface area contributed by atoms with Gasteiger partial charge in [0.05, 0.1) is 11.9 Å². The highest BCUT2D eigenvalue weighted by atomic mass is 16.1. The first-order valence-electron chi connectivity index (χ1n) is 9.63. The quantitative estimate of drug-likeness (QED) is 0.702. The average Bonchev–Trinajstić information content (AvgIpc) is 3.21. The summed E-state index contributed by atoms with van der Waals surface area (Å²) in [6, 6.07) is 12.1. The van der Waals surface area contributed by atoms with E-state index >= 15 is 0 Å². The Bertz CT molecular complexity index is 721. The lowest BCUT2D eigenvalue weighted by Crippen LogP contribution is -2.27. The largest absolute Gasteiger partial charge is 0.372 e. The van der Waals surface area contributed by atoms with Crippen LogP contribution in [0.3, 0.4) is 0 Å². The topological polar surface area (TPSA) is 60.5 Å². The summed E-state index contributed by atoms with van der Waals surface area (Å²) in [6.07, 6.45) is 5.18. The summed E-state index contributed by atoms with van der Waals surface area (Å²) in [6.45, 7) is 3.90. The molecule has 1 saturated heterocycles. The number of aromatic nitrogens is 1. The molecule has 6 heteroatoms. The molecule has 27 heavy (non-hydrogen) atoms. The second-order valence-electron chi connectivity index (χ2n) is 7.21. The van der Waals surface area contributed by atoms with Crippen LogP contribution in [0.5, 0.6) is 0 Å². The molecule has 144 valence electrons. The van der Waals surface area contributed by atoms with Crippen LogP contribution in [0.2, 0.25) is 0 Å². The number of anilines is 3. The molecular weight excluding hydrogens is 338 g/mol. The second-order valence-corrected chi connectivity index (χ2v) is 7.21. The molecule has 2 N–H and O–H groups in total. The van der Waals surface area contributed by atoms with E-state index in [1.165, 1.54) is 18.5 Å². The fourth-order valence-electron chi connectivity index (χ4n) is 3.19. The van der Waals surface area contributed by atoms with Gasteiger partial charge in [-0.05, 0) is 76.3 Å². The van der Waals surface area contributed by atoms with Crippen LogP contribution in [0.25, 0.3) is 0 Å². The highest BCUT2D eigenvalue weighted by Crippen LogP contribution is 2.23. The molecule has 0 radical (unpaired) electrons. The molecule has 0 bridgehead atoms. The van der Waals surface area contributed by atoms with Gasteiger partial charge in [-0.3, -0.25) is 4.79 Å². The Hall–Kier alpha value is -2.60. The molecule has 1 aliphatic heterocycles. The van der Waals surface area contributed by atoms with Crippen LogP contribution in [0.15, 0.2) is 42.6 Å². The van der Waals surface area contributed by atoms with Gasteiger partial charge in [0, 0.05) is 31.0 Å². The molecule has 0 atom stereocenters. The van der Waals surface area contributed by atoms with E-state index in [0.717, 1.165) is 37.4 Å². The molecule has 1 aromatic heterocycles. The number of amides is 1. The van der Waals surface area contributed by atoms with Crippen molar-refractivity contribution in [1.29, 1.82) is 0 Å². The van der Waals surface area contributed by atoms with E-state index in [4.69, 9.17) is 0 Å². The maximum Gasteiger partial charge on any atom is 0.269 e. The normalized spacial score (nSPS) is 13.8. The van der Waals surface area contributed by atoms with Crippen LogP contribution in [0, 0.1) is 0 Å². The van der Waals surface area contributed by atoms with Crippen molar-refractivity contribution in [3.05, 3.63) is 48.3 Å². The van der Waals surface area contributed by atoms with Gasteiger partial charge in [0.15, 0.2) is 0 Å². The number of pyridine rings is 1. The van der Waals surface area contributed by atoms with Gasteiger partial charge >= 0.3 is 0 Å². The summed E-state index contributed by atoms with van der Waals surface area (Å²) in [4.78, 5) is 20.9. The third kappa shape index (κ3) is 5.69. The molecule has 1 aromatic carbocycles. The lowest BCUT2D eigenvalue weighted by Gasteiger charge is -2.18. The molecule has 0 unspecified atom stereocenters. The first-order valence-corrected chi connectivity index (χ1v) is 9.63. The predicted octanol–water partition coefficient (Wildman–Crippen LogP) is 3.11. The van der Waals surface area contributed by atoms with Gasteiger partial charge in [0.1, 0.15) is 5.69 Å². The Labute approximate surface area is 161 Å². The van der Waals surface area contributed by atoms with Crippen LogP contribution in [0.1, 0.15) is 29.8 Å². The van der Waals surface area contributed by atoms with Crippen LogP contribution < -0.4 is 15.5 Å². The van der Waals surface area contributed by atoms with Crippen molar-refractivity contribution in [3.8, 4) is 0 Å². The number of hydrogen-bond donors (Lipinski definition) is 2. The third-order valence-corrected chi connectivity index (χ3v) is 4.69. The minimum atomic E-state index is -0.129. The summed E-state index contributed by atoms with van der Waals surface area (Å²) in [7, 11) is 4.05. The molecule has 3 rings (SSSR count). The van der Waals surface area contributed by atoms with Gasteiger partial charge in [-0.1, -0.05) is 0 Å². The summed E-state index contributed by atoms with van der Waals surface area (Å²) < 4.78 is 0. The van der Waals surface area contributed by atoms with Gasteiger partial charge in [-0.2, -0.15) is 0 Å². The smallest absolute Gasteiger partial charge is 0.269 e. The summed E-state index contributed by atoms with van der Waals surface area (Å²) in [5, 5.41) is 6.24. The molecule has 0 saturated carbocycles. The number of nitrogens with zero attached hydrogens (tertiary/aromatic N) is 3. The van der Waals surface area contributed by atoms with Gasteiger partial charge in [-0.15, -0.1) is 0 Å². The van der Waals surface area contributed by atoms with Gasteiger partial charge in [-0.25, -0.2) is 4.98 Å². The summed E-state index contributed by atoms with van der Waals surface area (Å²) in [5.74, 6) is -0.129. The van der Waals surface area contributed by atoms with Crippen molar-refractivity contribution in [2.75, 3.05) is 50.5 Å². The number of benzene rings is 1. The number of nitrogens with one attached hydrogen (secondary N) is 2. The first kappa shape index (κ1) is 19.2. The molecular formula is C21H29N5O. The standard InChI is InChI=1S/C21H29N5O/c1-25(2)13-5-12-22-21(27)20-11-8-18(16-23-20)24-17-6-9-19(10-7-17)26-14-3-4-15-26/h6-11,16,24H,3-5,12-15H2,1-2H3,(H,22,27). The molecule has 1 aliphatic rings. The molecule has 1 amide bonds. The lowest BCUT2D eigenvalue weighted by molar-refractivity contribution is 0.0947. The van der Waals surface area contributed by atoms with Crippen molar-refractivity contribution in [1.82, 2.24) is 15.2 Å². The maximum atomic E-state index is 12.1. The SMILES string of the molecule is CN(C)CCCNC(=O)c1ccc(Nc2ccc(N3CCCC3)cc2)cn1. The van der Waals surface area contributed by atoms with E-state index in [1.54, 1.807) is 12.3 Å². The van der Waals surface area contributed by atoms with Crippen LogP contribution in [-0.4, -0.2) is 56.1 Å². The number of carbonyl (C=O) groups excluding carboxylic acids is 1. The van der Waals surface area contributed by atoms with Crippen molar-refractivity contribution in [3.63, 3.8) is 0 Å².